The molecule has 3 rings (SSSR count). The van der Waals surface area contributed by atoms with Gasteiger partial charge < -0.3 is 24.7 Å². The zero-order valence-corrected chi connectivity index (χ0v) is 17.3. The number of hydrogen-bond acceptors (Lipinski definition) is 6. The number of fused-ring (bicyclic) bond motifs is 1. The van der Waals surface area contributed by atoms with Gasteiger partial charge >= 0.3 is 0 Å². The van der Waals surface area contributed by atoms with Crippen molar-refractivity contribution in [1.82, 2.24) is 20.2 Å². The average molecular weight is 410 g/mol. The number of ether oxygens (including phenoxy) is 2. The van der Waals surface area contributed by atoms with Crippen LogP contribution in [0.15, 0.2) is 53.3 Å². The van der Waals surface area contributed by atoms with Crippen molar-refractivity contribution in [2.45, 2.75) is 12.6 Å². The molecule has 1 heterocycles. The maximum absolute atomic E-state index is 12.2. The van der Waals surface area contributed by atoms with Crippen LogP contribution in [-0.4, -0.2) is 55.1 Å². The summed E-state index contributed by atoms with van der Waals surface area (Å²) in [6.45, 7) is 0.356. The molecule has 0 aliphatic rings. The maximum atomic E-state index is 12.2. The molecular formula is C22H26N4O4. The highest BCUT2D eigenvalue weighted by molar-refractivity contribution is 5.77. The molecule has 0 aliphatic heterocycles. The Morgan fingerprint density at radius 3 is 2.60 bits per heavy atom. The summed E-state index contributed by atoms with van der Waals surface area (Å²) in [6.07, 6.45) is 0. The van der Waals surface area contributed by atoms with E-state index in [0.717, 1.165) is 11.3 Å². The van der Waals surface area contributed by atoms with E-state index in [-0.39, 0.29) is 30.7 Å². The van der Waals surface area contributed by atoms with Crippen LogP contribution in [0.5, 0.6) is 5.75 Å². The summed E-state index contributed by atoms with van der Waals surface area (Å²) in [5.41, 5.74) is 1.44. The van der Waals surface area contributed by atoms with E-state index in [1.54, 1.807) is 25.3 Å². The van der Waals surface area contributed by atoms with Crippen molar-refractivity contribution in [3.05, 3.63) is 70.3 Å². The first-order valence-electron chi connectivity index (χ1n) is 9.60. The third kappa shape index (κ3) is 5.43. The molecule has 30 heavy (non-hydrogen) atoms. The summed E-state index contributed by atoms with van der Waals surface area (Å²) < 4.78 is 10.6. The Labute approximate surface area is 174 Å². The van der Waals surface area contributed by atoms with Gasteiger partial charge in [-0.3, -0.25) is 9.59 Å². The molecular weight excluding hydrogens is 384 g/mol. The predicted molar refractivity (Wildman–Crippen MR) is 114 cm³/mol. The number of rotatable bonds is 9. The summed E-state index contributed by atoms with van der Waals surface area (Å²) in [5, 5.41) is 3.41. The monoisotopic (exact) mass is 410 g/mol. The number of aromatic amines is 1. The lowest BCUT2D eigenvalue weighted by atomic mass is 10.1. The minimum absolute atomic E-state index is 0.0124. The second-order valence-corrected chi connectivity index (χ2v) is 7.08. The van der Waals surface area contributed by atoms with Gasteiger partial charge in [-0.05, 0) is 43.9 Å². The third-order valence-corrected chi connectivity index (χ3v) is 4.75. The molecule has 0 spiro atoms. The Hall–Kier alpha value is -3.23. The molecule has 2 N–H and O–H groups in total. The zero-order chi connectivity index (χ0) is 21.5. The number of benzene rings is 2. The number of carbonyl (C=O) groups is 1. The van der Waals surface area contributed by atoms with E-state index in [4.69, 9.17) is 9.47 Å². The topological polar surface area (TPSA) is 96.5 Å². The smallest absolute Gasteiger partial charge is 0.258 e. The Balaban J connectivity index is 1.51. The largest absolute Gasteiger partial charge is 0.497 e. The first-order chi connectivity index (χ1) is 14.5. The van der Waals surface area contributed by atoms with Crippen LogP contribution in [-0.2, 0) is 16.1 Å². The second kappa shape index (κ2) is 10.00. The summed E-state index contributed by atoms with van der Waals surface area (Å²) in [6, 6.07) is 14.8. The second-order valence-electron chi connectivity index (χ2n) is 7.08. The quantitative estimate of drug-likeness (QED) is 0.559. The molecule has 1 atom stereocenters. The number of nitrogens with zero attached hydrogens (tertiary/aromatic N) is 2. The molecule has 0 saturated heterocycles. The Kier molecular flexibility index (Phi) is 7.16. The number of para-hydroxylation sites is 1. The Bertz CT molecular complexity index is 1050. The number of hydrogen-bond donors (Lipinski definition) is 2. The van der Waals surface area contributed by atoms with E-state index in [1.807, 2.05) is 49.3 Å². The number of methoxy groups -OCH3 is 1. The molecule has 3 aromatic rings. The molecule has 1 unspecified atom stereocenters. The summed E-state index contributed by atoms with van der Waals surface area (Å²) in [4.78, 5) is 33.3. The fourth-order valence-electron chi connectivity index (χ4n) is 3.13. The Morgan fingerprint density at radius 1 is 1.17 bits per heavy atom. The van der Waals surface area contributed by atoms with Gasteiger partial charge in [0.1, 0.15) is 24.8 Å². The number of nitrogens with one attached hydrogen (secondary N) is 2. The normalized spacial score (nSPS) is 12.1. The molecule has 0 saturated carbocycles. The van der Waals surface area contributed by atoms with Crippen LogP contribution in [0, 0.1) is 0 Å². The van der Waals surface area contributed by atoms with Gasteiger partial charge in [0.15, 0.2) is 0 Å². The van der Waals surface area contributed by atoms with Gasteiger partial charge in [-0.2, -0.15) is 0 Å². The van der Waals surface area contributed by atoms with Gasteiger partial charge in [-0.25, -0.2) is 4.98 Å². The van der Waals surface area contributed by atoms with Crippen LogP contribution in [0.3, 0.4) is 0 Å². The van der Waals surface area contributed by atoms with E-state index < -0.39 is 0 Å². The van der Waals surface area contributed by atoms with Crippen LogP contribution < -0.4 is 15.6 Å². The van der Waals surface area contributed by atoms with Crippen molar-refractivity contribution < 1.29 is 14.3 Å². The van der Waals surface area contributed by atoms with Crippen LogP contribution >= 0.6 is 0 Å². The van der Waals surface area contributed by atoms with E-state index in [9.17, 15) is 9.59 Å². The van der Waals surface area contributed by atoms with E-state index in [1.165, 1.54) is 0 Å². The summed E-state index contributed by atoms with van der Waals surface area (Å²) in [7, 11) is 5.54. The highest BCUT2D eigenvalue weighted by atomic mass is 16.5. The first kappa shape index (κ1) is 21.5. The van der Waals surface area contributed by atoms with Crippen molar-refractivity contribution in [1.29, 1.82) is 0 Å². The highest BCUT2D eigenvalue weighted by Gasteiger charge is 2.15. The molecule has 0 radical (unpaired) electrons. The van der Waals surface area contributed by atoms with Crippen molar-refractivity contribution in [3.8, 4) is 5.75 Å². The zero-order valence-electron chi connectivity index (χ0n) is 17.3. The lowest BCUT2D eigenvalue weighted by molar-refractivity contribution is -0.126. The molecule has 1 aromatic heterocycles. The molecule has 2 aromatic carbocycles. The van der Waals surface area contributed by atoms with Gasteiger partial charge in [-0.1, -0.05) is 24.3 Å². The van der Waals surface area contributed by atoms with Crippen LogP contribution in [0.1, 0.15) is 17.4 Å². The minimum atomic E-state index is -0.238. The van der Waals surface area contributed by atoms with Gasteiger partial charge in [0.05, 0.1) is 24.1 Å². The van der Waals surface area contributed by atoms with Crippen LogP contribution in [0.4, 0.5) is 0 Å². The molecule has 1 amide bonds. The average Bonchev–Trinajstić information content (AvgIpc) is 2.74. The molecule has 0 fully saturated rings. The lowest BCUT2D eigenvalue weighted by Gasteiger charge is -2.25. The van der Waals surface area contributed by atoms with Crippen molar-refractivity contribution >= 4 is 16.8 Å². The molecule has 0 bridgehead atoms. The van der Waals surface area contributed by atoms with Crippen LogP contribution in [0.25, 0.3) is 10.9 Å². The van der Waals surface area contributed by atoms with Gasteiger partial charge in [0, 0.05) is 6.54 Å². The standard InChI is InChI=1S/C22H26N4O4/c1-26(2)19(15-8-10-16(29-3)11-9-15)12-23-21(27)14-30-13-20-24-18-7-5-4-6-17(18)22(28)25-20/h4-11,19H,12-14H2,1-3H3,(H,23,27)(H,24,25,28). The fraction of sp³-hybridized carbons (Fsp3) is 0.318. The number of H-pyrrole nitrogens is 1. The van der Waals surface area contributed by atoms with Crippen molar-refractivity contribution in [3.63, 3.8) is 0 Å². The molecule has 8 nitrogen and oxygen atoms in total. The number of carbonyl (C=O) groups excluding carboxylic acids is 1. The van der Waals surface area contributed by atoms with Crippen LogP contribution in [0.2, 0.25) is 0 Å². The fourth-order valence-corrected chi connectivity index (χ4v) is 3.13. The maximum Gasteiger partial charge on any atom is 0.258 e. The predicted octanol–water partition coefficient (Wildman–Crippen LogP) is 1.87. The molecule has 158 valence electrons. The van der Waals surface area contributed by atoms with E-state index in [2.05, 4.69) is 15.3 Å². The van der Waals surface area contributed by atoms with E-state index in [0.29, 0.717) is 23.3 Å². The number of amides is 1. The number of aromatic nitrogens is 2. The van der Waals surface area contributed by atoms with Gasteiger partial charge in [0.25, 0.3) is 5.56 Å². The number of likely N-dealkylation sites (N-methyl/N-ethyl adjacent to an activating group) is 1. The molecule has 8 heteroatoms. The lowest BCUT2D eigenvalue weighted by Crippen LogP contribution is -2.36. The summed E-state index contributed by atoms with van der Waals surface area (Å²) in [5.74, 6) is 0.934. The van der Waals surface area contributed by atoms with E-state index >= 15 is 0 Å². The van der Waals surface area contributed by atoms with Crippen molar-refractivity contribution in [2.75, 3.05) is 34.4 Å². The molecule has 0 aliphatic carbocycles. The first-order valence-corrected chi connectivity index (χ1v) is 9.60. The Morgan fingerprint density at radius 2 is 1.90 bits per heavy atom. The highest BCUT2D eigenvalue weighted by Crippen LogP contribution is 2.20. The minimum Gasteiger partial charge on any atom is -0.497 e. The van der Waals surface area contributed by atoms with Crippen molar-refractivity contribution in [2.24, 2.45) is 0 Å². The SMILES string of the molecule is COc1ccc(C(CNC(=O)COCc2nc3ccccc3c(=O)[nH]2)N(C)C)cc1. The van der Waals surface area contributed by atoms with Gasteiger partial charge in [0.2, 0.25) is 5.91 Å². The van der Waals surface area contributed by atoms with Gasteiger partial charge in [-0.15, -0.1) is 0 Å². The third-order valence-electron chi connectivity index (χ3n) is 4.75. The summed E-state index contributed by atoms with van der Waals surface area (Å²) >= 11 is 0.